The number of hydrogen-bond donors (Lipinski definition) is 1. The Kier molecular flexibility index (Phi) is 11.0. The fourth-order valence-corrected chi connectivity index (χ4v) is 0.372. The van der Waals surface area contributed by atoms with Gasteiger partial charge in [0.25, 0.3) is 0 Å². The maximum atomic E-state index is 5.35. The summed E-state index contributed by atoms with van der Waals surface area (Å²) in [7, 11) is 0. The van der Waals surface area contributed by atoms with Gasteiger partial charge in [-0.2, -0.15) is 6.42 Å². The summed E-state index contributed by atoms with van der Waals surface area (Å²) in [5.74, 6) is 0. The van der Waals surface area contributed by atoms with E-state index in [9.17, 15) is 0 Å². The normalized spacial score (nSPS) is 12.4. The zero-order valence-electron chi connectivity index (χ0n) is 5.02. The second-order valence-electron chi connectivity index (χ2n) is 1.50. The summed E-state index contributed by atoms with van der Waals surface area (Å²) in [6.45, 7) is 4.06. The molecule has 0 aliphatic heterocycles. The molecule has 0 aromatic heterocycles. The van der Waals surface area contributed by atoms with Gasteiger partial charge in [0.2, 0.25) is 0 Å². The Hall–Kier alpha value is 1.06. The minimum Gasteiger partial charge on any atom is -0.357 e. The van der Waals surface area contributed by atoms with Crippen molar-refractivity contribution in [2.75, 3.05) is 0 Å². The fraction of sp³-hybridized carbons (Fsp3) is 0.800. The van der Waals surface area contributed by atoms with Gasteiger partial charge in [-0.1, -0.05) is 13.8 Å². The third-order valence-electron chi connectivity index (χ3n) is 0.607. The fourth-order valence-electron chi connectivity index (χ4n) is 0.372. The molecule has 0 aliphatic carbocycles. The summed E-state index contributed by atoms with van der Waals surface area (Å²) >= 11 is 0. The van der Waals surface area contributed by atoms with Crippen LogP contribution < -0.4 is 5.73 Å². The first-order chi connectivity index (χ1) is 2.77. The van der Waals surface area contributed by atoms with Crippen molar-refractivity contribution in [3.05, 3.63) is 6.42 Å². The molecular weight excluding hydrogens is 163 g/mol. The molecule has 41 valence electrons. The van der Waals surface area contributed by atoms with Crippen LogP contribution in [-0.2, 0) is 32.7 Å². The van der Waals surface area contributed by atoms with Crippen molar-refractivity contribution < 1.29 is 32.7 Å². The van der Waals surface area contributed by atoms with E-state index in [1.54, 1.807) is 0 Å². The maximum Gasteiger partial charge on any atom is 0 e. The smallest absolute Gasteiger partial charge is 0 e. The summed E-state index contributed by atoms with van der Waals surface area (Å²) in [4.78, 5) is 0. The van der Waals surface area contributed by atoms with E-state index < -0.39 is 0 Å². The molecule has 2 N–H and O–H groups in total. The third kappa shape index (κ3) is 11.0. The molecule has 0 aromatic carbocycles. The molecular formula is C5H12NY-. The molecule has 1 unspecified atom stereocenters. The van der Waals surface area contributed by atoms with E-state index >= 15 is 0 Å². The minimum absolute atomic E-state index is 0. The molecule has 0 rings (SSSR count). The van der Waals surface area contributed by atoms with Gasteiger partial charge in [0.1, 0.15) is 0 Å². The molecule has 1 atom stereocenters. The molecule has 0 bridgehead atoms. The van der Waals surface area contributed by atoms with Crippen molar-refractivity contribution in [2.24, 2.45) is 5.73 Å². The average molecular weight is 175 g/mol. The molecule has 1 radical (unpaired) electrons. The van der Waals surface area contributed by atoms with Gasteiger partial charge in [-0.25, -0.2) is 0 Å². The second kappa shape index (κ2) is 7.06. The van der Waals surface area contributed by atoms with E-state index in [-0.39, 0.29) is 38.8 Å². The van der Waals surface area contributed by atoms with E-state index in [2.05, 4.69) is 13.3 Å². The summed E-state index contributed by atoms with van der Waals surface area (Å²) in [6.07, 6.45) is 3.15. The van der Waals surface area contributed by atoms with Crippen LogP contribution in [0.2, 0.25) is 0 Å². The Bertz CT molecular complexity index is 29.3. The quantitative estimate of drug-likeness (QED) is 0.621. The van der Waals surface area contributed by atoms with Crippen LogP contribution in [0.1, 0.15) is 20.3 Å². The van der Waals surface area contributed by atoms with E-state index in [1.807, 2.05) is 6.92 Å². The standard InChI is InChI=1S/C5H12N.Y/c1-3-4-5(2)6;/h4-5H,3,6H2,1-2H3;/q-1;. The number of hydrogen-bond acceptors (Lipinski definition) is 1. The topological polar surface area (TPSA) is 26.0 Å². The summed E-state index contributed by atoms with van der Waals surface area (Å²) in [6, 6.07) is 0.273. The first-order valence-corrected chi connectivity index (χ1v) is 2.36. The van der Waals surface area contributed by atoms with Crippen LogP contribution in [0.4, 0.5) is 0 Å². The van der Waals surface area contributed by atoms with Crippen molar-refractivity contribution in [1.29, 1.82) is 0 Å². The molecule has 2 heteroatoms. The summed E-state index contributed by atoms with van der Waals surface area (Å²) in [5, 5.41) is 0. The first-order valence-electron chi connectivity index (χ1n) is 2.36. The predicted molar refractivity (Wildman–Crippen MR) is 28.2 cm³/mol. The van der Waals surface area contributed by atoms with Gasteiger partial charge >= 0.3 is 0 Å². The maximum absolute atomic E-state index is 5.35. The van der Waals surface area contributed by atoms with Gasteiger partial charge < -0.3 is 12.2 Å². The number of nitrogens with two attached hydrogens (primary N) is 1. The monoisotopic (exact) mass is 175 g/mol. The van der Waals surface area contributed by atoms with Crippen LogP contribution in [0, 0.1) is 6.42 Å². The van der Waals surface area contributed by atoms with E-state index in [0.29, 0.717) is 0 Å². The Morgan fingerprint density at radius 2 is 2.14 bits per heavy atom. The van der Waals surface area contributed by atoms with Crippen LogP contribution in [0.25, 0.3) is 0 Å². The van der Waals surface area contributed by atoms with Crippen molar-refractivity contribution in [1.82, 2.24) is 0 Å². The Morgan fingerprint density at radius 1 is 1.71 bits per heavy atom. The van der Waals surface area contributed by atoms with Crippen LogP contribution in [0.5, 0.6) is 0 Å². The van der Waals surface area contributed by atoms with Crippen LogP contribution in [-0.4, -0.2) is 6.04 Å². The molecule has 0 aromatic rings. The summed E-state index contributed by atoms with van der Waals surface area (Å²) < 4.78 is 0. The molecule has 0 spiro atoms. The Morgan fingerprint density at radius 3 is 2.14 bits per heavy atom. The predicted octanol–water partition coefficient (Wildman–Crippen LogP) is 0.945. The Labute approximate surface area is 70.9 Å². The molecule has 0 saturated heterocycles. The second-order valence-corrected chi connectivity index (χ2v) is 1.50. The molecule has 0 fully saturated rings. The van der Waals surface area contributed by atoms with Crippen LogP contribution in [0.15, 0.2) is 0 Å². The van der Waals surface area contributed by atoms with Gasteiger partial charge in [-0.15, -0.1) is 6.04 Å². The van der Waals surface area contributed by atoms with Crippen molar-refractivity contribution in [3.8, 4) is 0 Å². The number of rotatable bonds is 2. The van der Waals surface area contributed by atoms with Gasteiger partial charge in [0.05, 0.1) is 0 Å². The average Bonchev–Trinajstić information content (AvgIpc) is 1.35. The minimum atomic E-state index is 0. The van der Waals surface area contributed by atoms with E-state index in [4.69, 9.17) is 5.73 Å². The van der Waals surface area contributed by atoms with Gasteiger partial charge in [0, 0.05) is 32.7 Å². The van der Waals surface area contributed by atoms with Crippen molar-refractivity contribution >= 4 is 0 Å². The molecule has 7 heavy (non-hydrogen) atoms. The van der Waals surface area contributed by atoms with Crippen molar-refractivity contribution in [2.45, 2.75) is 26.3 Å². The zero-order chi connectivity index (χ0) is 4.99. The zero-order valence-corrected chi connectivity index (χ0v) is 7.85. The van der Waals surface area contributed by atoms with E-state index in [1.165, 1.54) is 0 Å². The molecule has 0 aliphatic rings. The van der Waals surface area contributed by atoms with Crippen molar-refractivity contribution in [3.63, 3.8) is 0 Å². The van der Waals surface area contributed by atoms with Crippen LogP contribution >= 0.6 is 0 Å². The Balaban J connectivity index is 0. The first kappa shape index (κ1) is 10.9. The van der Waals surface area contributed by atoms with Crippen LogP contribution in [0.3, 0.4) is 0 Å². The largest absolute Gasteiger partial charge is 0.357 e. The third-order valence-corrected chi connectivity index (χ3v) is 0.607. The molecule has 0 saturated carbocycles. The van der Waals surface area contributed by atoms with Gasteiger partial charge in [-0.3, -0.25) is 0 Å². The molecule has 0 heterocycles. The van der Waals surface area contributed by atoms with Gasteiger partial charge in [-0.05, 0) is 0 Å². The molecule has 0 amide bonds. The van der Waals surface area contributed by atoms with Gasteiger partial charge in [0.15, 0.2) is 0 Å². The summed E-state index contributed by atoms with van der Waals surface area (Å²) in [5.41, 5.74) is 5.35. The van der Waals surface area contributed by atoms with E-state index in [0.717, 1.165) is 6.42 Å². The SMILES string of the molecule is CC[CH-]C(C)N.[Y]. The molecule has 1 nitrogen and oxygen atoms in total.